The topological polar surface area (TPSA) is 58.6 Å². The second kappa shape index (κ2) is 9.31. The van der Waals surface area contributed by atoms with Gasteiger partial charge < -0.3 is 15.2 Å². The lowest BCUT2D eigenvalue weighted by atomic mass is 9.76. The molecule has 2 N–H and O–H groups in total. The van der Waals surface area contributed by atoms with Crippen LogP contribution in [0.1, 0.15) is 30.9 Å². The average molecular weight is 407 g/mol. The van der Waals surface area contributed by atoms with Crippen molar-refractivity contribution in [2.24, 2.45) is 5.92 Å². The summed E-state index contributed by atoms with van der Waals surface area (Å²) < 4.78 is 42.1. The third kappa shape index (κ3) is 4.40. The number of halogens is 3. The van der Waals surface area contributed by atoms with Gasteiger partial charge >= 0.3 is 5.97 Å². The van der Waals surface area contributed by atoms with E-state index in [-0.39, 0.29) is 17.5 Å². The molecule has 2 aliphatic heterocycles. The number of carbonyl (C=O) groups is 1. The molecular formula is C22H24F3NO3. The van der Waals surface area contributed by atoms with Gasteiger partial charge in [0.1, 0.15) is 0 Å². The van der Waals surface area contributed by atoms with Gasteiger partial charge in [-0.15, -0.1) is 0 Å². The minimum atomic E-state index is -2.59. The standard InChI is InChI=1S/C21H21F2NO3.CH3F/c22-20(23)13-7-4-8-16-15(11-13)19-14(9-10-17(27-19)21(25)26)18(24-16)12-5-2-1-3-6-12;1-2/h1-7,11,14,17-20,24H,8-10H2,(H,25,26);1H3/t14?,17?,18-,19?;/m0./s1. The van der Waals surface area contributed by atoms with Crippen LogP contribution in [0.4, 0.5) is 13.2 Å². The van der Waals surface area contributed by atoms with Gasteiger partial charge in [0.25, 0.3) is 6.43 Å². The first-order chi connectivity index (χ1) is 14.0. The van der Waals surface area contributed by atoms with Gasteiger partial charge in [0.15, 0.2) is 6.10 Å². The van der Waals surface area contributed by atoms with Crippen molar-refractivity contribution < 1.29 is 27.8 Å². The first-order valence-electron chi connectivity index (χ1n) is 9.51. The van der Waals surface area contributed by atoms with E-state index < -0.39 is 24.6 Å². The summed E-state index contributed by atoms with van der Waals surface area (Å²) in [6, 6.07) is 9.87. The zero-order chi connectivity index (χ0) is 21.0. The molecule has 3 unspecified atom stereocenters. The lowest BCUT2D eigenvalue weighted by Crippen LogP contribution is -2.49. The number of hydrogen-bond donors (Lipinski definition) is 2. The van der Waals surface area contributed by atoms with E-state index >= 15 is 0 Å². The SMILES string of the molecule is CF.O=C(O)C1CCC2C(O1)C1=C(CC=CC(C(F)F)=C1)N[C@H]2c1ccccc1. The highest BCUT2D eigenvalue weighted by Gasteiger charge is 2.44. The molecule has 3 aliphatic rings. The maximum absolute atomic E-state index is 13.3. The van der Waals surface area contributed by atoms with Gasteiger partial charge in [0.2, 0.25) is 0 Å². The van der Waals surface area contributed by atoms with E-state index in [2.05, 4.69) is 5.32 Å². The Morgan fingerprint density at radius 1 is 1.21 bits per heavy atom. The molecule has 29 heavy (non-hydrogen) atoms. The molecule has 0 bridgehead atoms. The molecule has 0 radical (unpaired) electrons. The van der Waals surface area contributed by atoms with Crippen LogP contribution in [0.3, 0.4) is 0 Å². The summed E-state index contributed by atoms with van der Waals surface area (Å²) in [5, 5.41) is 12.9. The van der Waals surface area contributed by atoms with Gasteiger partial charge in [-0.2, -0.15) is 0 Å². The number of aliphatic carboxylic acids is 1. The van der Waals surface area contributed by atoms with E-state index in [1.807, 2.05) is 30.3 Å². The Morgan fingerprint density at radius 2 is 1.93 bits per heavy atom. The highest BCUT2D eigenvalue weighted by molar-refractivity contribution is 5.72. The summed E-state index contributed by atoms with van der Waals surface area (Å²) >= 11 is 0. The number of rotatable bonds is 3. The lowest BCUT2D eigenvalue weighted by Gasteiger charge is -2.45. The molecule has 1 aromatic carbocycles. The Balaban J connectivity index is 0.00000117. The zero-order valence-corrected chi connectivity index (χ0v) is 16.0. The summed E-state index contributed by atoms with van der Waals surface area (Å²) in [6.45, 7) is 0. The quantitative estimate of drug-likeness (QED) is 0.771. The Hall–Kier alpha value is -2.54. The molecule has 4 nitrogen and oxygen atoms in total. The van der Waals surface area contributed by atoms with E-state index in [1.54, 1.807) is 6.08 Å². The Bertz CT molecular complexity index is 820. The third-order valence-electron chi connectivity index (χ3n) is 5.52. The van der Waals surface area contributed by atoms with E-state index in [0.717, 1.165) is 11.3 Å². The monoisotopic (exact) mass is 407 g/mol. The Labute approximate surface area is 167 Å². The number of allylic oxidation sites excluding steroid dienone is 3. The fourth-order valence-corrected chi connectivity index (χ4v) is 4.23. The van der Waals surface area contributed by atoms with E-state index in [9.17, 15) is 23.1 Å². The summed E-state index contributed by atoms with van der Waals surface area (Å²) in [4.78, 5) is 11.5. The van der Waals surface area contributed by atoms with Crippen LogP contribution < -0.4 is 5.32 Å². The Kier molecular flexibility index (Phi) is 6.79. The minimum absolute atomic E-state index is 0.0185. The van der Waals surface area contributed by atoms with Gasteiger partial charge in [-0.3, -0.25) is 4.39 Å². The van der Waals surface area contributed by atoms with E-state index in [4.69, 9.17) is 4.74 Å². The summed E-state index contributed by atoms with van der Waals surface area (Å²) in [7, 11) is 0.500. The predicted molar refractivity (Wildman–Crippen MR) is 103 cm³/mol. The van der Waals surface area contributed by atoms with Crippen LogP contribution in [0.2, 0.25) is 0 Å². The first-order valence-corrected chi connectivity index (χ1v) is 9.51. The molecule has 4 rings (SSSR count). The van der Waals surface area contributed by atoms with Crippen molar-refractivity contribution in [2.45, 2.75) is 43.9 Å². The van der Waals surface area contributed by atoms with Crippen LogP contribution in [-0.2, 0) is 9.53 Å². The first kappa shape index (κ1) is 21.2. The highest BCUT2D eigenvalue weighted by atomic mass is 19.3. The summed E-state index contributed by atoms with van der Waals surface area (Å²) in [5.41, 5.74) is 2.49. The maximum atomic E-state index is 13.3. The molecule has 1 saturated heterocycles. The van der Waals surface area contributed by atoms with Crippen molar-refractivity contribution in [1.82, 2.24) is 5.32 Å². The number of fused-ring (bicyclic) bond motifs is 2. The predicted octanol–water partition coefficient (Wildman–Crippen LogP) is 4.57. The maximum Gasteiger partial charge on any atom is 0.332 e. The smallest absolute Gasteiger partial charge is 0.332 e. The van der Waals surface area contributed by atoms with Crippen LogP contribution >= 0.6 is 0 Å². The number of nitrogens with one attached hydrogen (secondary N) is 1. The normalized spacial score (nSPS) is 28.2. The second-order valence-electron chi connectivity index (χ2n) is 7.14. The summed E-state index contributed by atoms with van der Waals surface area (Å²) in [5.74, 6) is -1.02. The van der Waals surface area contributed by atoms with Crippen LogP contribution in [0.15, 0.2) is 65.4 Å². The molecule has 0 amide bonds. The van der Waals surface area contributed by atoms with E-state index in [1.165, 1.54) is 12.2 Å². The van der Waals surface area contributed by atoms with Crippen molar-refractivity contribution >= 4 is 5.97 Å². The molecule has 2 heterocycles. The molecule has 156 valence electrons. The lowest BCUT2D eigenvalue weighted by molar-refractivity contribution is -0.162. The molecule has 0 aromatic heterocycles. The highest BCUT2D eigenvalue weighted by Crippen LogP contribution is 2.44. The number of alkyl halides is 3. The minimum Gasteiger partial charge on any atom is -0.479 e. The van der Waals surface area contributed by atoms with Crippen molar-refractivity contribution in [1.29, 1.82) is 0 Å². The Morgan fingerprint density at radius 3 is 2.59 bits per heavy atom. The largest absolute Gasteiger partial charge is 0.479 e. The number of benzene rings is 1. The molecule has 1 aromatic rings. The van der Waals surface area contributed by atoms with Crippen molar-refractivity contribution in [3.63, 3.8) is 0 Å². The van der Waals surface area contributed by atoms with Crippen LogP contribution in [0.25, 0.3) is 0 Å². The molecule has 0 spiro atoms. The van der Waals surface area contributed by atoms with Crippen molar-refractivity contribution in [3.8, 4) is 0 Å². The van der Waals surface area contributed by atoms with Gasteiger partial charge in [-0.25, -0.2) is 13.6 Å². The second-order valence-corrected chi connectivity index (χ2v) is 7.14. The third-order valence-corrected chi connectivity index (χ3v) is 5.52. The molecule has 0 saturated carbocycles. The van der Waals surface area contributed by atoms with Gasteiger partial charge in [0.05, 0.1) is 19.3 Å². The number of carboxylic acid groups (broad SMARTS) is 1. The molecule has 1 fully saturated rings. The summed E-state index contributed by atoms with van der Waals surface area (Å²) in [6.07, 6.45) is 2.16. The van der Waals surface area contributed by atoms with Crippen molar-refractivity contribution in [3.05, 3.63) is 71.0 Å². The molecule has 7 heteroatoms. The fourth-order valence-electron chi connectivity index (χ4n) is 4.23. The van der Waals surface area contributed by atoms with Crippen LogP contribution in [0.5, 0.6) is 0 Å². The number of ether oxygens (including phenoxy) is 1. The van der Waals surface area contributed by atoms with Gasteiger partial charge in [-0.1, -0.05) is 42.5 Å². The zero-order valence-electron chi connectivity index (χ0n) is 16.0. The van der Waals surface area contributed by atoms with Crippen LogP contribution in [-0.4, -0.2) is 36.9 Å². The van der Waals surface area contributed by atoms with Crippen molar-refractivity contribution in [2.75, 3.05) is 7.18 Å². The van der Waals surface area contributed by atoms with E-state index in [0.29, 0.717) is 32.0 Å². The van der Waals surface area contributed by atoms with Gasteiger partial charge in [0, 0.05) is 29.2 Å². The number of hydrogen-bond acceptors (Lipinski definition) is 3. The van der Waals surface area contributed by atoms with Gasteiger partial charge in [-0.05, 0) is 24.5 Å². The average Bonchev–Trinajstić information content (AvgIpc) is 2.97. The molecular weight excluding hydrogens is 383 g/mol. The number of carboxylic acids is 1. The molecule has 1 aliphatic carbocycles. The van der Waals surface area contributed by atoms with Crippen LogP contribution in [0, 0.1) is 5.92 Å². The molecule has 4 atom stereocenters. The fraction of sp³-hybridized carbons (Fsp3) is 0.409.